The van der Waals surface area contributed by atoms with Crippen molar-refractivity contribution in [3.63, 3.8) is 0 Å². The van der Waals surface area contributed by atoms with Gasteiger partial charge in [-0.25, -0.2) is 0 Å². The van der Waals surface area contributed by atoms with Crippen LogP contribution in [0, 0.1) is 0 Å². The Morgan fingerprint density at radius 2 is 1.50 bits per heavy atom. The van der Waals surface area contributed by atoms with Crippen molar-refractivity contribution < 1.29 is 0 Å². The van der Waals surface area contributed by atoms with Gasteiger partial charge in [-0.1, -0.05) is 54.9 Å². The minimum Gasteiger partial charge on any atom is -0.0843 e. The zero-order chi connectivity index (χ0) is 11.4. The Balaban J connectivity index is 2.20. The highest BCUT2D eigenvalue weighted by atomic mass is 35.5. The molecule has 0 heterocycles. The van der Waals surface area contributed by atoms with Gasteiger partial charge in [-0.3, -0.25) is 0 Å². The van der Waals surface area contributed by atoms with Gasteiger partial charge in [-0.15, -0.1) is 0 Å². The largest absolute Gasteiger partial charge is 0.0843 e. The van der Waals surface area contributed by atoms with Gasteiger partial charge in [0.2, 0.25) is 0 Å². The highest BCUT2D eigenvalue weighted by Gasteiger charge is 1.98. The van der Waals surface area contributed by atoms with Crippen molar-refractivity contribution in [1.29, 1.82) is 0 Å². The van der Waals surface area contributed by atoms with Gasteiger partial charge in [0.15, 0.2) is 0 Å². The van der Waals surface area contributed by atoms with Crippen molar-refractivity contribution in [1.82, 2.24) is 0 Å². The third kappa shape index (κ3) is 2.86. The Morgan fingerprint density at radius 1 is 0.875 bits per heavy atom. The van der Waals surface area contributed by atoms with E-state index in [9.17, 15) is 0 Å². The second-order valence-electron chi connectivity index (χ2n) is 3.98. The van der Waals surface area contributed by atoms with Crippen LogP contribution in [0.15, 0.2) is 48.5 Å². The number of benzene rings is 2. The second kappa shape index (κ2) is 5.18. The van der Waals surface area contributed by atoms with Crippen LogP contribution in [-0.2, 0) is 12.8 Å². The minimum atomic E-state index is 0.809. The zero-order valence-electron chi connectivity index (χ0n) is 9.41. The van der Waals surface area contributed by atoms with Crippen molar-refractivity contribution in [2.75, 3.05) is 0 Å². The van der Waals surface area contributed by atoms with Crippen LogP contribution in [0.4, 0.5) is 0 Å². The molecule has 2 rings (SSSR count). The maximum Gasteiger partial charge on any atom is 0.0408 e. The van der Waals surface area contributed by atoms with Crippen molar-refractivity contribution in [2.24, 2.45) is 0 Å². The van der Waals surface area contributed by atoms with E-state index in [2.05, 4.69) is 37.3 Å². The molecule has 0 saturated heterocycles. The molecule has 2 aromatic carbocycles. The Kier molecular flexibility index (Phi) is 3.63. The van der Waals surface area contributed by atoms with Gasteiger partial charge in [-0.05, 0) is 41.7 Å². The summed E-state index contributed by atoms with van der Waals surface area (Å²) in [7, 11) is 0. The van der Waals surface area contributed by atoms with E-state index < -0.39 is 0 Å². The van der Waals surface area contributed by atoms with E-state index in [1.165, 1.54) is 16.7 Å². The lowest BCUT2D eigenvalue weighted by atomic mass is 10.0. The van der Waals surface area contributed by atoms with Crippen LogP contribution in [-0.4, -0.2) is 0 Å². The predicted octanol–water partition coefficient (Wildman–Crippen LogP) is 4.49. The van der Waals surface area contributed by atoms with Crippen LogP contribution in [0.2, 0.25) is 5.02 Å². The molecule has 0 saturated carbocycles. The van der Waals surface area contributed by atoms with Crippen molar-refractivity contribution >= 4 is 11.6 Å². The molecule has 0 fully saturated rings. The van der Waals surface area contributed by atoms with E-state index in [1.54, 1.807) is 0 Å². The van der Waals surface area contributed by atoms with Crippen LogP contribution in [0.25, 0.3) is 0 Å². The maximum absolute atomic E-state index is 5.97. The molecule has 16 heavy (non-hydrogen) atoms. The van der Waals surface area contributed by atoms with Crippen LogP contribution >= 0.6 is 11.6 Å². The standard InChI is InChI=1S/C15H15Cl/c1-2-12-5-3-6-13(9-12)10-14-7-4-8-15(16)11-14/h3-9,11H,2,10H2,1H3. The van der Waals surface area contributed by atoms with E-state index in [-0.39, 0.29) is 0 Å². The molecule has 0 bridgehead atoms. The summed E-state index contributed by atoms with van der Waals surface area (Å²) < 4.78 is 0. The number of hydrogen-bond acceptors (Lipinski definition) is 0. The molecule has 1 heteroatoms. The smallest absolute Gasteiger partial charge is 0.0408 e. The Morgan fingerprint density at radius 3 is 2.19 bits per heavy atom. The first-order valence-electron chi connectivity index (χ1n) is 5.60. The number of rotatable bonds is 3. The summed E-state index contributed by atoms with van der Waals surface area (Å²) in [5, 5.41) is 0.809. The lowest BCUT2D eigenvalue weighted by Crippen LogP contribution is -1.89. The summed E-state index contributed by atoms with van der Waals surface area (Å²) in [6.07, 6.45) is 2.04. The molecule has 0 N–H and O–H groups in total. The number of aryl methyl sites for hydroxylation is 1. The highest BCUT2D eigenvalue weighted by molar-refractivity contribution is 6.30. The van der Waals surface area contributed by atoms with Crippen LogP contribution in [0.1, 0.15) is 23.6 Å². The fourth-order valence-electron chi connectivity index (χ4n) is 1.84. The highest BCUT2D eigenvalue weighted by Crippen LogP contribution is 2.15. The average molecular weight is 231 g/mol. The van der Waals surface area contributed by atoms with Crippen molar-refractivity contribution in [3.8, 4) is 0 Å². The summed E-state index contributed by atoms with van der Waals surface area (Å²) in [6.45, 7) is 2.18. The van der Waals surface area contributed by atoms with E-state index in [4.69, 9.17) is 11.6 Å². The molecular formula is C15H15Cl. The second-order valence-corrected chi connectivity index (χ2v) is 4.42. The average Bonchev–Trinajstić information content (AvgIpc) is 2.29. The van der Waals surface area contributed by atoms with Gasteiger partial charge in [0.25, 0.3) is 0 Å². The lowest BCUT2D eigenvalue weighted by molar-refractivity contribution is 1.11. The number of hydrogen-bond donors (Lipinski definition) is 0. The molecule has 0 radical (unpaired) electrons. The Bertz CT molecular complexity index is 474. The molecule has 82 valence electrons. The molecule has 0 aliphatic heterocycles. The third-order valence-electron chi connectivity index (χ3n) is 2.70. The molecule has 0 unspecified atom stereocenters. The van der Waals surface area contributed by atoms with Gasteiger partial charge in [0, 0.05) is 5.02 Å². The van der Waals surface area contributed by atoms with Gasteiger partial charge in [0.05, 0.1) is 0 Å². The first kappa shape index (κ1) is 11.2. The molecule has 0 amide bonds. The quantitative estimate of drug-likeness (QED) is 0.729. The van der Waals surface area contributed by atoms with Crippen molar-refractivity contribution in [3.05, 3.63) is 70.2 Å². The molecule has 0 aliphatic carbocycles. The maximum atomic E-state index is 5.97. The van der Waals surface area contributed by atoms with Gasteiger partial charge < -0.3 is 0 Å². The summed E-state index contributed by atoms with van der Waals surface area (Å²) in [5.41, 5.74) is 4.00. The van der Waals surface area contributed by atoms with Gasteiger partial charge >= 0.3 is 0 Å². The van der Waals surface area contributed by atoms with Crippen LogP contribution in [0.3, 0.4) is 0 Å². The summed E-state index contributed by atoms with van der Waals surface area (Å²) in [4.78, 5) is 0. The molecule has 0 nitrogen and oxygen atoms in total. The van der Waals surface area contributed by atoms with Gasteiger partial charge in [-0.2, -0.15) is 0 Å². The van der Waals surface area contributed by atoms with E-state index in [0.29, 0.717) is 0 Å². The first-order valence-corrected chi connectivity index (χ1v) is 5.98. The Hall–Kier alpha value is -1.27. The zero-order valence-corrected chi connectivity index (χ0v) is 10.2. The van der Waals surface area contributed by atoms with Crippen LogP contribution < -0.4 is 0 Å². The Labute approximate surface area is 102 Å². The lowest BCUT2D eigenvalue weighted by Gasteiger charge is -2.04. The van der Waals surface area contributed by atoms with Crippen molar-refractivity contribution in [2.45, 2.75) is 19.8 Å². The fourth-order valence-corrected chi connectivity index (χ4v) is 2.06. The molecular weight excluding hydrogens is 216 g/mol. The fraction of sp³-hybridized carbons (Fsp3) is 0.200. The molecule has 0 aliphatic rings. The monoisotopic (exact) mass is 230 g/mol. The predicted molar refractivity (Wildman–Crippen MR) is 70.1 cm³/mol. The van der Waals surface area contributed by atoms with E-state index in [0.717, 1.165) is 17.9 Å². The topological polar surface area (TPSA) is 0 Å². The van der Waals surface area contributed by atoms with Crippen LogP contribution in [0.5, 0.6) is 0 Å². The molecule has 0 spiro atoms. The van der Waals surface area contributed by atoms with Gasteiger partial charge in [0.1, 0.15) is 0 Å². The SMILES string of the molecule is CCc1cccc(Cc2cccc(Cl)c2)c1. The number of halogens is 1. The molecule has 0 aromatic heterocycles. The summed E-state index contributed by atoms with van der Waals surface area (Å²) in [6, 6.07) is 16.8. The molecule has 0 atom stereocenters. The van der Waals surface area contributed by atoms with E-state index >= 15 is 0 Å². The molecule has 2 aromatic rings. The first-order chi connectivity index (χ1) is 7.78. The summed E-state index contributed by atoms with van der Waals surface area (Å²) >= 11 is 5.97. The minimum absolute atomic E-state index is 0.809. The normalized spacial score (nSPS) is 10.4. The summed E-state index contributed by atoms with van der Waals surface area (Å²) in [5.74, 6) is 0. The third-order valence-corrected chi connectivity index (χ3v) is 2.93. The van der Waals surface area contributed by atoms with E-state index in [1.807, 2.05) is 18.2 Å².